The summed E-state index contributed by atoms with van der Waals surface area (Å²) in [6.45, 7) is 1.77. The second-order valence-corrected chi connectivity index (χ2v) is 8.56. The van der Waals surface area contributed by atoms with E-state index >= 15 is 0 Å². The van der Waals surface area contributed by atoms with Gasteiger partial charge in [-0.2, -0.15) is 0 Å². The summed E-state index contributed by atoms with van der Waals surface area (Å²) >= 11 is 0. The maximum absolute atomic E-state index is 11.3. The second kappa shape index (κ2) is 11.3. The molecule has 186 valence electrons. The zero-order valence-corrected chi connectivity index (χ0v) is 19.3. The van der Waals surface area contributed by atoms with E-state index in [-0.39, 0.29) is 6.61 Å². The van der Waals surface area contributed by atoms with Gasteiger partial charge in [0.2, 0.25) is 6.29 Å². The van der Waals surface area contributed by atoms with Crippen LogP contribution < -0.4 is 4.74 Å². The first-order valence-electron chi connectivity index (χ1n) is 11.2. The van der Waals surface area contributed by atoms with E-state index in [1.54, 1.807) is 18.2 Å². The Kier molecular flexibility index (Phi) is 8.64. The van der Waals surface area contributed by atoms with Gasteiger partial charge in [0.1, 0.15) is 42.9 Å². The number of rotatable bonds is 9. The summed E-state index contributed by atoms with van der Waals surface area (Å²) in [4.78, 5) is 11.3. The monoisotopic (exact) mass is 476 g/mol. The van der Waals surface area contributed by atoms with Crippen molar-refractivity contribution in [3.8, 4) is 5.75 Å². The summed E-state index contributed by atoms with van der Waals surface area (Å²) in [5.74, 6) is -0.598. The zero-order chi connectivity index (χ0) is 24.9. The number of hydrogen-bond acceptors (Lipinski definition) is 9. The molecule has 34 heavy (non-hydrogen) atoms. The molecule has 1 heterocycles. The fraction of sp³-hybridized carbons (Fsp3) is 0.480. The lowest BCUT2D eigenvalue weighted by molar-refractivity contribution is -0.309. The summed E-state index contributed by atoms with van der Waals surface area (Å²) in [5.41, 5.74) is 1.62. The molecule has 0 spiro atoms. The highest BCUT2D eigenvalue weighted by atomic mass is 16.7. The summed E-state index contributed by atoms with van der Waals surface area (Å²) in [6, 6.07) is 13.3. The third-order valence-electron chi connectivity index (χ3n) is 6.06. The first-order valence-corrected chi connectivity index (χ1v) is 11.2. The van der Waals surface area contributed by atoms with E-state index in [4.69, 9.17) is 19.3 Å². The Morgan fingerprint density at radius 3 is 2.32 bits per heavy atom. The van der Waals surface area contributed by atoms with E-state index < -0.39 is 49.4 Å². The molecule has 3 rings (SSSR count). The normalized spacial score (nSPS) is 26.8. The Balaban J connectivity index is 1.84. The SMILES string of the molecule is CCc1ccc(Cc2ccc(CO)cc2O[C@H]2O[C@H](COC(=O)CO)[C@@](C)(O)[C@H](O)[C@H]2O)cc1. The van der Waals surface area contributed by atoms with Gasteiger partial charge in [-0.15, -0.1) is 0 Å². The van der Waals surface area contributed by atoms with Crippen LogP contribution in [0, 0.1) is 0 Å². The molecule has 0 amide bonds. The molecule has 0 aliphatic carbocycles. The molecule has 0 aromatic heterocycles. The standard InChI is InChI=1S/C25H32O9/c1-3-15-4-6-16(7-5-15)10-18-9-8-17(12-26)11-19(18)33-24-22(29)23(30)25(2,31)20(34-24)14-32-21(28)13-27/h4-9,11,20,22-24,26-27,29-31H,3,10,12-14H2,1-2H3/t20-,22-,23-,24+,25-/m1/s1. The number of benzene rings is 2. The van der Waals surface area contributed by atoms with Gasteiger partial charge in [0.15, 0.2) is 0 Å². The number of aryl methyl sites for hydroxylation is 1. The van der Waals surface area contributed by atoms with Crippen molar-refractivity contribution < 1.29 is 44.5 Å². The third kappa shape index (κ3) is 5.93. The highest BCUT2D eigenvalue weighted by Gasteiger charge is 2.53. The van der Waals surface area contributed by atoms with Crippen molar-refractivity contribution in [2.24, 2.45) is 0 Å². The molecule has 0 bridgehead atoms. The van der Waals surface area contributed by atoms with E-state index in [1.807, 2.05) is 24.3 Å². The lowest BCUT2D eigenvalue weighted by atomic mass is 9.86. The molecule has 0 saturated carbocycles. The Hall–Kier alpha value is -2.53. The molecule has 1 fully saturated rings. The van der Waals surface area contributed by atoms with Crippen LogP contribution in [0.25, 0.3) is 0 Å². The predicted octanol–water partition coefficient (Wildman–Crippen LogP) is 0.444. The first-order chi connectivity index (χ1) is 16.2. The highest BCUT2D eigenvalue weighted by Crippen LogP contribution is 2.33. The van der Waals surface area contributed by atoms with Crippen molar-refractivity contribution in [2.75, 3.05) is 13.2 Å². The minimum atomic E-state index is -1.95. The van der Waals surface area contributed by atoms with Crippen LogP contribution in [-0.2, 0) is 33.7 Å². The maximum Gasteiger partial charge on any atom is 0.331 e. The van der Waals surface area contributed by atoms with Crippen molar-refractivity contribution in [1.82, 2.24) is 0 Å². The number of ether oxygens (including phenoxy) is 3. The van der Waals surface area contributed by atoms with E-state index in [9.17, 15) is 25.2 Å². The minimum absolute atomic E-state index is 0.229. The largest absolute Gasteiger partial charge is 0.462 e. The molecule has 1 aliphatic heterocycles. The number of hydrogen-bond donors (Lipinski definition) is 5. The van der Waals surface area contributed by atoms with Crippen LogP contribution in [0.2, 0.25) is 0 Å². The van der Waals surface area contributed by atoms with Gasteiger partial charge in [0, 0.05) is 6.42 Å². The van der Waals surface area contributed by atoms with Crippen LogP contribution in [0.4, 0.5) is 0 Å². The zero-order valence-electron chi connectivity index (χ0n) is 19.3. The fourth-order valence-electron chi connectivity index (χ4n) is 3.78. The van der Waals surface area contributed by atoms with Crippen LogP contribution in [0.5, 0.6) is 5.75 Å². The van der Waals surface area contributed by atoms with Gasteiger partial charge in [-0.3, -0.25) is 0 Å². The van der Waals surface area contributed by atoms with Gasteiger partial charge >= 0.3 is 5.97 Å². The molecular formula is C25H32O9. The highest BCUT2D eigenvalue weighted by molar-refractivity contribution is 5.70. The molecule has 2 aromatic carbocycles. The van der Waals surface area contributed by atoms with Gasteiger partial charge < -0.3 is 39.7 Å². The molecule has 1 saturated heterocycles. The maximum atomic E-state index is 11.3. The third-order valence-corrected chi connectivity index (χ3v) is 6.06. The van der Waals surface area contributed by atoms with E-state index in [2.05, 4.69) is 6.92 Å². The summed E-state index contributed by atoms with van der Waals surface area (Å²) in [7, 11) is 0. The molecular weight excluding hydrogens is 444 g/mol. The molecule has 9 heteroatoms. The Bertz CT molecular complexity index is 957. The number of aliphatic hydroxyl groups excluding tert-OH is 4. The van der Waals surface area contributed by atoms with Crippen molar-refractivity contribution >= 4 is 5.97 Å². The fourth-order valence-corrected chi connectivity index (χ4v) is 3.78. The van der Waals surface area contributed by atoms with Crippen molar-refractivity contribution in [2.45, 2.75) is 63.5 Å². The second-order valence-electron chi connectivity index (χ2n) is 8.56. The Morgan fingerprint density at radius 2 is 1.71 bits per heavy atom. The van der Waals surface area contributed by atoms with Crippen molar-refractivity contribution in [3.63, 3.8) is 0 Å². The minimum Gasteiger partial charge on any atom is -0.462 e. The molecule has 2 aromatic rings. The van der Waals surface area contributed by atoms with Gasteiger partial charge in [-0.1, -0.05) is 43.3 Å². The number of esters is 1. The molecule has 5 atom stereocenters. The quantitative estimate of drug-likeness (QED) is 0.326. The lowest BCUT2D eigenvalue weighted by Gasteiger charge is -2.46. The Labute approximate surface area is 198 Å². The first kappa shape index (κ1) is 26.1. The van der Waals surface area contributed by atoms with Gasteiger partial charge in [-0.25, -0.2) is 4.79 Å². The van der Waals surface area contributed by atoms with Crippen molar-refractivity contribution in [1.29, 1.82) is 0 Å². The average molecular weight is 477 g/mol. The lowest BCUT2D eigenvalue weighted by Crippen LogP contribution is -2.66. The molecule has 0 radical (unpaired) electrons. The van der Waals surface area contributed by atoms with Gasteiger partial charge in [0.25, 0.3) is 0 Å². The van der Waals surface area contributed by atoms with Crippen LogP contribution >= 0.6 is 0 Å². The smallest absolute Gasteiger partial charge is 0.331 e. The number of carbonyl (C=O) groups excluding carboxylic acids is 1. The van der Waals surface area contributed by atoms with Crippen LogP contribution in [0.15, 0.2) is 42.5 Å². The predicted molar refractivity (Wildman–Crippen MR) is 121 cm³/mol. The molecule has 5 N–H and O–H groups in total. The van der Waals surface area contributed by atoms with Crippen LogP contribution in [0.1, 0.15) is 36.1 Å². The average Bonchev–Trinajstić information content (AvgIpc) is 2.84. The van der Waals surface area contributed by atoms with Crippen LogP contribution in [0.3, 0.4) is 0 Å². The topological polar surface area (TPSA) is 146 Å². The Morgan fingerprint density at radius 1 is 1.06 bits per heavy atom. The summed E-state index contributed by atoms with van der Waals surface area (Å²) < 4.78 is 16.5. The number of aliphatic hydroxyl groups is 5. The summed E-state index contributed by atoms with van der Waals surface area (Å²) in [5, 5.41) is 50.2. The summed E-state index contributed by atoms with van der Waals surface area (Å²) in [6.07, 6.45) is -4.49. The van der Waals surface area contributed by atoms with E-state index in [0.29, 0.717) is 17.7 Å². The van der Waals surface area contributed by atoms with Gasteiger partial charge in [0.05, 0.1) is 6.61 Å². The molecule has 1 aliphatic rings. The van der Waals surface area contributed by atoms with E-state index in [0.717, 1.165) is 17.5 Å². The number of carbonyl (C=O) groups is 1. The van der Waals surface area contributed by atoms with Crippen LogP contribution in [-0.4, -0.2) is 74.9 Å². The van der Waals surface area contributed by atoms with Gasteiger partial charge in [-0.05, 0) is 41.7 Å². The van der Waals surface area contributed by atoms with Crippen molar-refractivity contribution in [3.05, 3.63) is 64.7 Å². The van der Waals surface area contributed by atoms with E-state index in [1.165, 1.54) is 12.5 Å². The molecule has 0 unspecified atom stereocenters. The molecule has 9 nitrogen and oxygen atoms in total.